The van der Waals surface area contributed by atoms with Crippen LogP contribution in [0.4, 0.5) is 0 Å². The number of hydrogen-bond donors (Lipinski definition) is 3. The second-order valence-corrected chi connectivity index (χ2v) is 8.69. The fourth-order valence-corrected chi connectivity index (χ4v) is 4.06. The van der Waals surface area contributed by atoms with Crippen molar-refractivity contribution in [1.82, 2.24) is 15.9 Å². The summed E-state index contributed by atoms with van der Waals surface area (Å²) >= 11 is 12.2. The number of carbonyl (C=O) groups is 1. The van der Waals surface area contributed by atoms with Crippen LogP contribution in [0, 0.1) is 0 Å². The smallest absolute Gasteiger partial charge is 0.251 e. The van der Waals surface area contributed by atoms with E-state index in [1.807, 2.05) is 18.2 Å². The number of nitrogens with zero attached hydrogens (tertiary/aromatic N) is 1. The highest BCUT2D eigenvalue weighted by molar-refractivity contribution is 6.35. The number of allylic oxidation sites excluding steroid dienone is 1. The van der Waals surface area contributed by atoms with Crippen LogP contribution in [-0.4, -0.2) is 49.1 Å². The SMILES string of the molecule is COc1ccc(C(=O)NCC2C=C(C3=CCN(O)C=C3)NO2)cc1OCCc1ccc(Cl)cc1Cl. The van der Waals surface area contributed by atoms with E-state index in [4.69, 9.17) is 37.5 Å². The number of nitrogens with one attached hydrogen (secondary N) is 2. The van der Waals surface area contributed by atoms with E-state index in [9.17, 15) is 10.0 Å². The molecule has 8 nitrogen and oxygen atoms in total. The van der Waals surface area contributed by atoms with Crippen LogP contribution in [0.25, 0.3) is 0 Å². The first-order valence-corrected chi connectivity index (χ1v) is 11.7. The number of methoxy groups -OCH3 is 1. The number of hydroxylamine groups is 3. The maximum absolute atomic E-state index is 12.8. The minimum atomic E-state index is -0.339. The van der Waals surface area contributed by atoms with Crippen LogP contribution in [0.3, 0.4) is 0 Å². The summed E-state index contributed by atoms with van der Waals surface area (Å²) in [4.78, 5) is 18.3. The molecule has 0 aromatic heterocycles. The summed E-state index contributed by atoms with van der Waals surface area (Å²) in [6.07, 6.45) is 7.32. The lowest BCUT2D eigenvalue weighted by Crippen LogP contribution is -2.32. The van der Waals surface area contributed by atoms with Gasteiger partial charge in [0.1, 0.15) is 6.10 Å². The van der Waals surface area contributed by atoms with Crippen LogP contribution in [0.2, 0.25) is 10.0 Å². The summed E-state index contributed by atoms with van der Waals surface area (Å²) in [6, 6.07) is 10.3. The van der Waals surface area contributed by atoms with Crippen molar-refractivity contribution in [3.63, 3.8) is 0 Å². The summed E-state index contributed by atoms with van der Waals surface area (Å²) in [5.74, 6) is 0.714. The van der Waals surface area contributed by atoms with Crippen LogP contribution in [0.5, 0.6) is 11.5 Å². The third kappa shape index (κ3) is 6.49. The highest BCUT2D eigenvalue weighted by Gasteiger charge is 2.20. The molecule has 35 heavy (non-hydrogen) atoms. The Morgan fingerprint density at radius 3 is 2.86 bits per heavy atom. The molecule has 0 fully saturated rings. The standard InChI is InChI=1S/C25H25Cl2N3O5/c1-33-23-5-3-18(12-24(23)34-11-8-16-2-4-19(26)13-21(16)27)25(31)28-15-20-14-22(29-35-20)17-6-9-30(32)10-7-17/h2-7,9,12-14,20,29,32H,8,10-11,15H2,1H3,(H,28,31). The van der Waals surface area contributed by atoms with E-state index in [0.29, 0.717) is 46.7 Å². The van der Waals surface area contributed by atoms with Gasteiger partial charge in [-0.25, -0.2) is 0 Å². The van der Waals surface area contributed by atoms with Crippen LogP contribution in [0.1, 0.15) is 15.9 Å². The van der Waals surface area contributed by atoms with E-state index in [1.165, 1.54) is 0 Å². The molecule has 2 aromatic carbocycles. The minimum Gasteiger partial charge on any atom is -0.493 e. The first-order valence-electron chi connectivity index (χ1n) is 10.9. The van der Waals surface area contributed by atoms with E-state index in [0.717, 1.165) is 21.9 Å². The molecule has 1 atom stereocenters. The molecule has 0 bridgehead atoms. The van der Waals surface area contributed by atoms with Crippen LogP contribution < -0.4 is 20.3 Å². The summed E-state index contributed by atoms with van der Waals surface area (Å²) in [5.41, 5.74) is 5.89. The molecule has 0 radical (unpaired) electrons. The first-order chi connectivity index (χ1) is 16.9. The first kappa shape index (κ1) is 24.9. The van der Waals surface area contributed by atoms with E-state index in [-0.39, 0.29) is 18.6 Å². The van der Waals surface area contributed by atoms with Gasteiger partial charge in [-0.3, -0.25) is 25.4 Å². The van der Waals surface area contributed by atoms with Gasteiger partial charge in [-0.2, -0.15) is 0 Å². The summed E-state index contributed by atoms with van der Waals surface area (Å²) in [7, 11) is 1.54. The number of hydrogen-bond acceptors (Lipinski definition) is 7. The molecule has 0 saturated heterocycles. The number of ether oxygens (including phenoxy) is 2. The average Bonchev–Trinajstić information content (AvgIpc) is 3.33. The van der Waals surface area contributed by atoms with E-state index >= 15 is 0 Å². The summed E-state index contributed by atoms with van der Waals surface area (Å²) in [5, 5.41) is 14.5. The second kappa shape index (κ2) is 11.5. The lowest BCUT2D eigenvalue weighted by molar-refractivity contribution is -0.0306. The fraction of sp³-hybridized carbons (Fsp3) is 0.240. The molecule has 3 N–H and O–H groups in total. The molecule has 2 heterocycles. The molecule has 10 heteroatoms. The highest BCUT2D eigenvalue weighted by Crippen LogP contribution is 2.29. The Morgan fingerprint density at radius 2 is 2.11 bits per heavy atom. The lowest BCUT2D eigenvalue weighted by atomic mass is 10.1. The zero-order valence-electron chi connectivity index (χ0n) is 19.0. The van der Waals surface area contributed by atoms with Gasteiger partial charge in [0, 0.05) is 28.2 Å². The zero-order chi connectivity index (χ0) is 24.8. The topological polar surface area (TPSA) is 92.3 Å². The largest absolute Gasteiger partial charge is 0.493 e. The summed E-state index contributed by atoms with van der Waals surface area (Å²) < 4.78 is 11.3. The van der Waals surface area contributed by atoms with Gasteiger partial charge in [0.2, 0.25) is 0 Å². The number of amides is 1. The molecule has 1 unspecified atom stereocenters. The van der Waals surface area contributed by atoms with Crippen molar-refractivity contribution >= 4 is 29.1 Å². The minimum absolute atomic E-state index is 0.267. The van der Waals surface area contributed by atoms with Gasteiger partial charge in [-0.1, -0.05) is 35.3 Å². The van der Waals surface area contributed by atoms with Gasteiger partial charge in [0.05, 0.1) is 32.5 Å². The number of rotatable bonds is 9. The van der Waals surface area contributed by atoms with Crippen molar-refractivity contribution in [1.29, 1.82) is 0 Å². The highest BCUT2D eigenvalue weighted by atomic mass is 35.5. The maximum Gasteiger partial charge on any atom is 0.251 e. The monoisotopic (exact) mass is 517 g/mol. The average molecular weight is 518 g/mol. The predicted octanol–water partition coefficient (Wildman–Crippen LogP) is 4.29. The van der Waals surface area contributed by atoms with Crippen molar-refractivity contribution in [3.8, 4) is 11.5 Å². The van der Waals surface area contributed by atoms with Crippen LogP contribution in [0.15, 0.2) is 72.1 Å². The molecule has 4 rings (SSSR count). The molecular formula is C25H25Cl2N3O5. The third-order valence-corrected chi connectivity index (χ3v) is 6.03. The van der Waals surface area contributed by atoms with E-state index in [2.05, 4.69) is 10.8 Å². The normalized spacial score (nSPS) is 16.9. The van der Waals surface area contributed by atoms with Crippen molar-refractivity contribution in [2.45, 2.75) is 12.5 Å². The molecule has 184 valence electrons. The molecule has 0 aliphatic carbocycles. The fourth-order valence-electron chi connectivity index (χ4n) is 3.56. The Balaban J connectivity index is 1.33. The predicted molar refractivity (Wildman–Crippen MR) is 133 cm³/mol. The third-order valence-electron chi connectivity index (χ3n) is 5.44. The molecule has 0 spiro atoms. The lowest BCUT2D eigenvalue weighted by Gasteiger charge is -2.15. The Kier molecular flexibility index (Phi) is 8.20. The second-order valence-electron chi connectivity index (χ2n) is 7.85. The van der Waals surface area contributed by atoms with Crippen molar-refractivity contribution in [2.75, 3.05) is 26.8 Å². The van der Waals surface area contributed by atoms with Crippen LogP contribution in [-0.2, 0) is 11.3 Å². The Morgan fingerprint density at radius 1 is 1.26 bits per heavy atom. The van der Waals surface area contributed by atoms with Gasteiger partial charge >= 0.3 is 0 Å². The van der Waals surface area contributed by atoms with Gasteiger partial charge in [0.15, 0.2) is 11.5 Å². The van der Waals surface area contributed by atoms with Crippen molar-refractivity contribution < 1.29 is 24.3 Å². The molecule has 2 aliphatic heterocycles. The molecule has 1 amide bonds. The quantitative estimate of drug-likeness (QED) is 0.456. The van der Waals surface area contributed by atoms with Crippen LogP contribution >= 0.6 is 23.2 Å². The van der Waals surface area contributed by atoms with E-state index in [1.54, 1.807) is 49.7 Å². The van der Waals surface area contributed by atoms with Crippen molar-refractivity contribution in [2.24, 2.45) is 0 Å². The van der Waals surface area contributed by atoms with Crippen molar-refractivity contribution in [3.05, 3.63) is 93.3 Å². The van der Waals surface area contributed by atoms with Gasteiger partial charge < -0.3 is 14.8 Å². The molecule has 2 aromatic rings. The zero-order valence-corrected chi connectivity index (χ0v) is 20.5. The number of benzene rings is 2. The Bertz CT molecular complexity index is 1180. The maximum atomic E-state index is 12.8. The molecular weight excluding hydrogens is 493 g/mol. The summed E-state index contributed by atoms with van der Waals surface area (Å²) in [6.45, 7) is 1.01. The van der Waals surface area contributed by atoms with E-state index < -0.39 is 0 Å². The van der Waals surface area contributed by atoms with Gasteiger partial charge in [-0.05, 0) is 53.6 Å². The van der Waals surface area contributed by atoms with Gasteiger partial charge in [-0.15, -0.1) is 0 Å². The Labute approximate surface area is 213 Å². The molecule has 2 aliphatic rings. The van der Waals surface area contributed by atoms with Gasteiger partial charge in [0.25, 0.3) is 5.91 Å². The Hall–Kier alpha value is -3.17. The number of halogens is 2. The molecule has 0 saturated carbocycles. The number of carbonyl (C=O) groups excluding carboxylic acids is 1.